The Morgan fingerprint density at radius 3 is 2.16 bits per heavy atom. The van der Waals surface area contributed by atoms with Crippen LogP contribution in [-0.2, 0) is 0 Å². The second-order valence-corrected chi connectivity index (χ2v) is 9.88. The molecule has 1 N–H and O–H groups in total. The highest BCUT2D eigenvalue weighted by atomic mass is 16.5. The zero-order valence-corrected chi connectivity index (χ0v) is 21.8. The molecule has 0 spiro atoms. The molecule has 2 amide bonds. The smallest absolute Gasteiger partial charge is 0.255 e. The third-order valence-corrected chi connectivity index (χ3v) is 7.36. The molecular formula is C30H34N4O3. The number of likely N-dealkylation sites (N-methyl/N-ethyl adjacent to an activating group) is 1. The largest absolute Gasteiger partial charge is 0.495 e. The molecule has 192 valence electrons. The van der Waals surface area contributed by atoms with E-state index in [1.165, 1.54) is 0 Å². The lowest BCUT2D eigenvalue weighted by molar-refractivity contribution is 0.0651. The number of carbonyl (C=O) groups excluding carboxylic acids is 2. The van der Waals surface area contributed by atoms with Crippen molar-refractivity contribution in [1.29, 1.82) is 0 Å². The average molecular weight is 499 g/mol. The summed E-state index contributed by atoms with van der Waals surface area (Å²) in [6.45, 7) is 7.52. The number of hydrogen-bond acceptors (Lipinski definition) is 5. The highest BCUT2D eigenvalue weighted by molar-refractivity contribution is 6.05. The SMILES string of the molecule is COc1ccc(NC(=O)c2ccc(-c3ccc(C(=O)N4CCC4)cc3C)cc2)cc1N1CCN(C)CC1. The topological polar surface area (TPSA) is 65.1 Å². The van der Waals surface area contributed by atoms with E-state index in [9.17, 15) is 9.59 Å². The number of nitrogens with zero attached hydrogens (tertiary/aromatic N) is 3. The summed E-state index contributed by atoms with van der Waals surface area (Å²) in [5.41, 5.74) is 6.16. The fraction of sp³-hybridized carbons (Fsp3) is 0.333. The summed E-state index contributed by atoms with van der Waals surface area (Å²) in [5.74, 6) is 0.746. The first-order valence-electron chi connectivity index (χ1n) is 12.9. The van der Waals surface area contributed by atoms with Crippen molar-refractivity contribution in [2.24, 2.45) is 0 Å². The van der Waals surface area contributed by atoms with Gasteiger partial charge in [0.15, 0.2) is 0 Å². The van der Waals surface area contributed by atoms with Crippen LogP contribution in [0.15, 0.2) is 60.7 Å². The summed E-state index contributed by atoms with van der Waals surface area (Å²) in [5, 5.41) is 3.04. The molecule has 2 aliphatic rings. The summed E-state index contributed by atoms with van der Waals surface area (Å²) in [6.07, 6.45) is 1.08. The van der Waals surface area contributed by atoms with Crippen molar-refractivity contribution >= 4 is 23.2 Å². The third kappa shape index (κ3) is 5.32. The molecule has 2 fully saturated rings. The maximum absolute atomic E-state index is 13.0. The van der Waals surface area contributed by atoms with Crippen molar-refractivity contribution in [2.45, 2.75) is 13.3 Å². The summed E-state index contributed by atoms with van der Waals surface area (Å²) >= 11 is 0. The molecule has 3 aromatic rings. The monoisotopic (exact) mass is 498 g/mol. The molecule has 0 radical (unpaired) electrons. The molecule has 2 heterocycles. The second kappa shape index (κ2) is 10.6. The number of carbonyl (C=O) groups is 2. The molecule has 0 aromatic heterocycles. The van der Waals surface area contributed by atoms with Crippen LogP contribution in [0.5, 0.6) is 5.75 Å². The van der Waals surface area contributed by atoms with E-state index in [-0.39, 0.29) is 11.8 Å². The maximum Gasteiger partial charge on any atom is 0.255 e. The Hall–Kier alpha value is -3.84. The van der Waals surface area contributed by atoms with Crippen molar-refractivity contribution in [3.05, 3.63) is 77.4 Å². The fourth-order valence-corrected chi connectivity index (χ4v) is 4.89. The van der Waals surface area contributed by atoms with Crippen LogP contribution in [0.3, 0.4) is 0 Å². The molecule has 7 heteroatoms. The Morgan fingerprint density at radius 2 is 1.54 bits per heavy atom. The van der Waals surface area contributed by atoms with Gasteiger partial charge in [-0.2, -0.15) is 0 Å². The number of nitrogens with one attached hydrogen (secondary N) is 1. The quantitative estimate of drug-likeness (QED) is 0.541. The van der Waals surface area contributed by atoms with E-state index in [0.29, 0.717) is 5.56 Å². The zero-order valence-electron chi connectivity index (χ0n) is 21.8. The molecule has 0 aliphatic carbocycles. The minimum absolute atomic E-state index is 0.0993. The van der Waals surface area contributed by atoms with E-state index >= 15 is 0 Å². The number of rotatable bonds is 6. The number of methoxy groups -OCH3 is 1. The molecular weight excluding hydrogens is 464 g/mol. The summed E-state index contributed by atoms with van der Waals surface area (Å²) in [6, 6.07) is 19.2. The molecule has 5 rings (SSSR count). The van der Waals surface area contributed by atoms with Crippen molar-refractivity contribution < 1.29 is 14.3 Å². The van der Waals surface area contributed by atoms with Gasteiger partial charge in [-0.25, -0.2) is 0 Å². The molecule has 2 saturated heterocycles. The van der Waals surface area contributed by atoms with Crippen molar-refractivity contribution in [3.8, 4) is 16.9 Å². The van der Waals surface area contributed by atoms with Gasteiger partial charge in [0.25, 0.3) is 11.8 Å². The number of piperazine rings is 1. The molecule has 0 saturated carbocycles. The molecule has 0 unspecified atom stereocenters. The van der Waals surface area contributed by atoms with Gasteiger partial charge in [0.05, 0.1) is 12.8 Å². The van der Waals surface area contributed by atoms with Crippen molar-refractivity contribution in [3.63, 3.8) is 0 Å². The van der Waals surface area contributed by atoms with E-state index in [0.717, 1.165) is 85.1 Å². The average Bonchev–Trinajstić information content (AvgIpc) is 2.88. The Bertz CT molecular complexity index is 1290. The minimum Gasteiger partial charge on any atom is -0.495 e. The van der Waals surface area contributed by atoms with E-state index in [4.69, 9.17) is 4.74 Å². The predicted molar refractivity (Wildman–Crippen MR) is 148 cm³/mol. The number of benzene rings is 3. The Labute approximate surface area is 218 Å². The van der Waals surface area contributed by atoms with E-state index in [2.05, 4.69) is 22.2 Å². The van der Waals surface area contributed by atoms with Gasteiger partial charge in [-0.15, -0.1) is 0 Å². The summed E-state index contributed by atoms with van der Waals surface area (Å²) in [4.78, 5) is 32.0. The second-order valence-electron chi connectivity index (χ2n) is 9.88. The van der Waals surface area contributed by atoms with Gasteiger partial charge < -0.3 is 24.8 Å². The first-order chi connectivity index (χ1) is 17.9. The lowest BCUT2D eigenvalue weighted by Gasteiger charge is -2.34. The Balaban J connectivity index is 1.28. The molecule has 2 aliphatic heterocycles. The Morgan fingerprint density at radius 1 is 0.838 bits per heavy atom. The van der Waals surface area contributed by atoms with E-state index in [1.54, 1.807) is 7.11 Å². The van der Waals surface area contributed by atoms with Crippen molar-refractivity contribution in [2.75, 3.05) is 63.6 Å². The lowest BCUT2D eigenvalue weighted by Crippen LogP contribution is -2.44. The lowest BCUT2D eigenvalue weighted by atomic mass is 9.97. The normalized spacial score (nSPS) is 15.8. The van der Waals surface area contributed by atoms with E-state index < -0.39 is 0 Å². The first-order valence-corrected chi connectivity index (χ1v) is 12.9. The minimum atomic E-state index is -0.159. The molecule has 37 heavy (non-hydrogen) atoms. The predicted octanol–water partition coefficient (Wildman–Crippen LogP) is 4.52. The van der Waals surface area contributed by atoms with E-state index in [1.807, 2.05) is 72.5 Å². The highest BCUT2D eigenvalue weighted by Crippen LogP contribution is 2.32. The summed E-state index contributed by atoms with van der Waals surface area (Å²) in [7, 11) is 3.80. The van der Waals surface area contributed by atoms with Gasteiger partial charge in [0.2, 0.25) is 0 Å². The van der Waals surface area contributed by atoms with Crippen LogP contribution in [0.25, 0.3) is 11.1 Å². The molecule has 7 nitrogen and oxygen atoms in total. The summed E-state index contributed by atoms with van der Waals surface area (Å²) < 4.78 is 5.59. The van der Waals surface area contributed by atoms with Gasteiger partial charge >= 0.3 is 0 Å². The zero-order chi connectivity index (χ0) is 25.9. The number of ether oxygens (including phenoxy) is 1. The van der Waals surface area contributed by atoms with Crippen LogP contribution in [0.4, 0.5) is 11.4 Å². The van der Waals surface area contributed by atoms with Crippen LogP contribution in [-0.4, -0.2) is 75.0 Å². The van der Waals surface area contributed by atoms with Crippen LogP contribution in [0, 0.1) is 6.92 Å². The fourth-order valence-electron chi connectivity index (χ4n) is 4.89. The van der Waals surface area contributed by atoms with Gasteiger partial charge in [-0.3, -0.25) is 9.59 Å². The number of aryl methyl sites for hydroxylation is 1. The van der Waals surface area contributed by atoms with Gasteiger partial charge in [-0.05, 0) is 79.5 Å². The standard InChI is InChI=1S/C30H34N4O3/c1-21-19-24(30(36)34-13-4-14-34)9-11-26(21)22-5-7-23(8-6-22)29(35)31-25-10-12-28(37-3)27(20-25)33-17-15-32(2)16-18-33/h5-12,19-20H,4,13-18H2,1-3H3,(H,31,35). The van der Waals surface area contributed by atoms with Crippen LogP contribution in [0.2, 0.25) is 0 Å². The first kappa shape index (κ1) is 24.8. The van der Waals surface area contributed by atoms with Crippen LogP contribution in [0.1, 0.15) is 32.7 Å². The third-order valence-electron chi connectivity index (χ3n) is 7.36. The van der Waals surface area contributed by atoms with Gasteiger partial charge in [0, 0.05) is 56.1 Å². The highest BCUT2D eigenvalue weighted by Gasteiger charge is 2.22. The number of amides is 2. The number of likely N-dealkylation sites (tertiary alicyclic amines) is 1. The number of hydrogen-bond donors (Lipinski definition) is 1. The number of anilines is 2. The molecule has 0 bridgehead atoms. The van der Waals surface area contributed by atoms with Crippen LogP contribution >= 0.6 is 0 Å². The Kier molecular flexibility index (Phi) is 7.15. The molecule has 0 atom stereocenters. The van der Waals surface area contributed by atoms with Gasteiger partial charge in [-0.1, -0.05) is 18.2 Å². The van der Waals surface area contributed by atoms with Crippen LogP contribution < -0.4 is 15.0 Å². The van der Waals surface area contributed by atoms with Crippen molar-refractivity contribution in [1.82, 2.24) is 9.80 Å². The maximum atomic E-state index is 13.0. The molecule has 3 aromatic carbocycles. The van der Waals surface area contributed by atoms with Gasteiger partial charge in [0.1, 0.15) is 5.75 Å².